The Morgan fingerprint density at radius 3 is 2.81 bits per heavy atom. The molecule has 0 unspecified atom stereocenters. The molecule has 6 heteroatoms. The maximum absolute atomic E-state index is 13.5. The normalized spacial score (nSPS) is 11.4. The second kappa shape index (κ2) is 5.48. The Bertz CT molecular complexity index is 790. The van der Waals surface area contributed by atoms with Gasteiger partial charge in [0.1, 0.15) is 17.2 Å². The summed E-state index contributed by atoms with van der Waals surface area (Å²) >= 11 is 6.03. The van der Waals surface area contributed by atoms with E-state index in [-0.39, 0.29) is 11.7 Å². The van der Waals surface area contributed by atoms with Crippen molar-refractivity contribution in [3.05, 3.63) is 41.6 Å². The molecule has 0 aliphatic rings. The summed E-state index contributed by atoms with van der Waals surface area (Å²) in [5.41, 5.74) is 3.36. The monoisotopic (exact) mass is 306 g/mol. The fourth-order valence-electron chi connectivity index (χ4n) is 2.61. The molecule has 2 aromatic heterocycles. The molecule has 0 radical (unpaired) electrons. The van der Waals surface area contributed by atoms with Gasteiger partial charge in [-0.3, -0.25) is 4.57 Å². The zero-order valence-electron chi connectivity index (χ0n) is 12.0. The molecule has 0 fully saturated rings. The van der Waals surface area contributed by atoms with Gasteiger partial charge in [-0.05, 0) is 24.6 Å². The molecule has 0 amide bonds. The van der Waals surface area contributed by atoms with Gasteiger partial charge in [0.15, 0.2) is 5.65 Å². The third kappa shape index (κ3) is 2.31. The van der Waals surface area contributed by atoms with Crippen LogP contribution in [-0.2, 0) is 19.3 Å². The summed E-state index contributed by atoms with van der Waals surface area (Å²) in [5.74, 6) is 0.671. The number of fused-ring (bicyclic) bond motifs is 1. The highest BCUT2D eigenvalue weighted by molar-refractivity contribution is 6.17. The zero-order valence-corrected chi connectivity index (χ0v) is 12.7. The Morgan fingerprint density at radius 1 is 1.33 bits per heavy atom. The first kappa shape index (κ1) is 14.1. The van der Waals surface area contributed by atoms with Crippen LogP contribution in [0.4, 0.5) is 4.39 Å². The number of benzene rings is 1. The van der Waals surface area contributed by atoms with E-state index in [1.54, 1.807) is 10.7 Å². The predicted molar refractivity (Wildman–Crippen MR) is 81.3 cm³/mol. The van der Waals surface area contributed by atoms with Gasteiger partial charge >= 0.3 is 0 Å². The van der Waals surface area contributed by atoms with Gasteiger partial charge in [0.2, 0.25) is 0 Å². The van der Waals surface area contributed by atoms with Crippen LogP contribution in [0.5, 0.6) is 0 Å². The number of imidazole rings is 1. The number of rotatable bonds is 4. The number of hydrogen-bond donors (Lipinski definition) is 0. The molecule has 0 aliphatic carbocycles. The van der Waals surface area contributed by atoms with Crippen LogP contribution >= 0.6 is 11.6 Å². The van der Waals surface area contributed by atoms with Crippen LogP contribution < -0.4 is 0 Å². The van der Waals surface area contributed by atoms with Gasteiger partial charge in [-0.25, -0.2) is 14.1 Å². The molecule has 0 spiro atoms. The minimum absolute atomic E-state index is 0.261. The quantitative estimate of drug-likeness (QED) is 0.691. The van der Waals surface area contributed by atoms with E-state index in [0.29, 0.717) is 11.5 Å². The van der Waals surface area contributed by atoms with Crippen LogP contribution in [0.1, 0.15) is 24.9 Å². The number of hydrogen-bond acceptors (Lipinski definition) is 2. The number of nitrogens with zero attached hydrogens (tertiary/aromatic N) is 4. The van der Waals surface area contributed by atoms with E-state index in [1.807, 2.05) is 17.7 Å². The van der Waals surface area contributed by atoms with E-state index in [0.717, 1.165) is 29.7 Å². The first-order valence-corrected chi connectivity index (χ1v) is 7.44. The molecule has 2 heterocycles. The van der Waals surface area contributed by atoms with Gasteiger partial charge in [0.05, 0.1) is 17.3 Å². The van der Waals surface area contributed by atoms with Crippen LogP contribution in [0.3, 0.4) is 0 Å². The van der Waals surface area contributed by atoms with Crippen molar-refractivity contribution in [2.75, 3.05) is 0 Å². The third-order valence-corrected chi connectivity index (χ3v) is 3.68. The van der Waals surface area contributed by atoms with E-state index >= 15 is 0 Å². The van der Waals surface area contributed by atoms with Gasteiger partial charge in [0, 0.05) is 7.05 Å². The van der Waals surface area contributed by atoms with Crippen molar-refractivity contribution < 1.29 is 4.39 Å². The van der Waals surface area contributed by atoms with Crippen LogP contribution in [0.15, 0.2) is 24.3 Å². The van der Waals surface area contributed by atoms with Crippen LogP contribution in [0, 0.1) is 5.82 Å². The molecule has 3 rings (SSSR count). The van der Waals surface area contributed by atoms with Crippen molar-refractivity contribution in [3.63, 3.8) is 0 Å². The maximum Gasteiger partial charge on any atom is 0.163 e. The van der Waals surface area contributed by atoms with Crippen LogP contribution in [0.25, 0.3) is 16.9 Å². The average Bonchev–Trinajstić information content (AvgIpc) is 2.98. The van der Waals surface area contributed by atoms with Crippen molar-refractivity contribution in [1.82, 2.24) is 19.3 Å². The SMILES string of the molecule is CCCc1nn(C)c2c1nc(CCl)n2-c1cccc(F)c1. The summed E-state index contributed by atoms with van der Waals surface area (Å²) in [7, 11) is 1.87. The molecule has 0 bridgehead atoms. The number of aromatic nitrogens is 4. The minimum Gasteiger partial charge on any atom is -0.280 e. The summed E-state index contributed by atoms with van der Waals surface area (Å²) in [5, 5.41) is 4.52. The van der Waals surface area contributed by atoms with E-state index in [1.165, 1.54) is 12.1 Å². The van der Waals surface area contributed by atoms with Gasteiger partial charge in [0.25, 0.3) is 0 Å². The van der Waals surface area contributed by atoms with Gasteiger partial charge in [-0.2, -0.15) is 5.10 Å². The summed E-state index contributed by atoms with van der Waals surface area (Å²) < 4.78 is 17.2. The fraction of sp³-hybridized carbons (Fsp3) is 0.333. The molecule has 0 aliphatic heterocycles. The van der Waals surface area contributed by atoms with Crippen LogP contribution in [0.2, 0.25) is 0 Å². The lowest BCUT2D eigenvalue weighted by Gasteiger charge is -2.08. The van der Waals surface area contributed by atoms with Crippen LogP contribution in [-0.4, -0.2) is 19.3 Å². The lowest BCUT2D eigenvalue weighted by molar-refractivity contribution is 0.626. The smallest absolute Gasteiger partial charge is 0.163 e. The van der Waals surface area contributed by atoms with E-state index in [9.17, 15) is 4.39 Å². The Kier molecular flexibility index (Phi) is 3.68. The number of halogens is 2. The Hall–Kier alpha value is -1.88. The van der Waals surface area contributed by atoms with E-state index in [4.69, 9.17) is 11.6 Å². The van der Waals surface area contributed by atoms with Crippen molar-refractivity contribution in [3.8, 4) is 5.69 Å². The summed E-state index contributed by atoms with van der Waals surface area (Å²) in [6.07, 6.45) is 1.86. The summed E-state index contributed by atoms with van der Waals surface area (Å²) in [6.45, 7) is 2.10. The fourth-order valence-corrected chi connectivity index (χ4v) is 2.79. The lowest BCUT2D eigenvalue weighted by atomic mass is 10.2. The molecule has 0 saturated carbocycles. The van der Waals surface area contributed by atoms with Crippen molar-refractivity contribution in [2.45, 2.75) is 25.6 Å². The van der Waals surface area contributed by atoms with Crippen molar-refractivity contribution in [2.24, 2.45) is 7.05 Å². The molecule has 21 heavy (non-hydrogen) atoms. The topological polar surface area (TPSA) is 35.6 Å². The highest BCUT2D eigenvalue weighted by Crippen LogP contribution is 2.25. The van der Waals surface area contributed by atoms with Gasteiger partial charge in [-0.15, -0.1) is 11.6 Å². The molecular formula is C15H16ClFN4. The second-order valence-electron chi connectivity index (χ2n) is 4.97. The Morgan fingerprint density at radius 2 is 2.14 bits per heavy atom. The highest BCUT2D eigenvalue weighted by atomic mass is 35.5. The second-order valence-corrected chi connectivity index (χ2v) is 5.24. The molecule has 110 valence electrons. The van der Waals surface area contributed by atoms with Crippen molar-refractivity contribution >= 4 is 22.8 Å². The van der Waals surface area contributed by atoms with Gasteiger partial charge < -0.3 is 0 Å². The van der Waals surface area contributed by atoms with E-state index in [2.05, 4.69) is 17.0 Å². The zero-order chi connectivity index (χ0) is 15.0. The maximum atomic E-state index is 13.5. The predicted octanol–water partition coefficient (Wildman–Crippen LogP) is 3.59. The molecular weight excluding hydrogens is 291 g/mol. The van der Waals surface area contributed by atoms with Gasteiger partial charge in [-0.1, -0.05) is 19.4 Å². The summed E-state index contributed by atoms with van der Waals surface area (Å²) in [6, 6.07) is 6.41. The third-order valence-electron chi connectivity index (χ3n) is 3.45. The Balaban J connectivity index is 2.30. The largest absolute Gasteiger partial charge is 0.280 e. The molecule has 1 aromatic carbocycles. The molecule has 3 aromatic rings. The minimum atomic E-state index is -0.286. The Labute approximate surface area is 127 Å². The molecule has 0 N–H and O–H groups in total. The molecule has 4 nitrogen and oxygen atoms in total. The van der Waals surface area contributed by atoms with E-state index < -0.39 is 0 Å². The first-order valence-electron chi connectivity index (χ1n) is 6.90. The molecule has 0 saturated heterocycles. The summed E-state index contributed by atoms with van der Waals surface area (Å²) in [4.78, 5) is 4.60. The standard InChI is InChI=1S/C15H16ClFN4/c1-3-5-12-14-15(20(2)19-12)21(13(9-16)18-14)11-7-4-6-10(17)8-11/h4,6-8H,3,5,9H2,1-2H3. The molecule has 0 atom stereocenters. The lowest BCUT2D eigenvalue weighted by Crippen LogP contribution is -2.04. The average molecular weight is 307 g/mol. The first-order chi connectivity index (χ1) is 10.2. The number of alkyl halides is 1. The highest BCUT2D eigenvalue weighted by Gasteiger charge is 2.19. The number of aryl methyl sites for hydroxylation is 2. The van der Waals surface area contributed by atoms with Crippen molar-refractivity contribution in [1.29, 1.82) is 0 Å².